The smallest absolute Gasteiger partial charge is 0.249 e. The molecule has 0 radical (unpaired) electrons. The molecule has 0 aliphatic heterocycles. The number of hydrogen-bond acceptors (Lipinski definition) is 5. The lowest BCUT2D eigenvalue weighted by molar-refractivity contribution is -0.132. The fraction of sp³-hybridized carbons (Fsp3) is 0.385. The summed E-state index contributed by atoms with van der Waals surface area (Å²) in [5, 5.41) is 15.2. The van der Waals surface area contributed by atoms with E-state index >= 15 is 4.39 Å². The van der Waals surface area contributed by atoms with Crippen LogP contribution in [0.25, 0.3) is 0 Å². The van der Waals surface area contributed by atoms with E-state index in [0.29, 0.717) is 42.1 Å². The quantitative estimate of drug-likeness (QED) is 0.133. The van der Waals surface area contributed by atoms with Gasteiger partial charge >= 0.3 is 0 Å². The summed E-state index contributed by atoms with van der Waals surface area (Å²) in [5.74, 6) is -1.72. The first kappa shape index (κ1) is 37.3. The van der Waals surface area contributed by atoms with E-state index in [2.05, 4.69) is 34.0 Å². The van der Waals surface area contributed by atoms with Crippen LogP contribution in [0.15, 0.2) is 96.1 Å². The maximum Gasteiger partial charge on any atom is 0.249 e. The van der Waals surface area contributed by atoms with Gasteiger partial charge in [0.15, 0.2) is 0 Å². The van der Waals surface area contributed by atoms with Crippen LogP contribution < -0.4 is 15.8 Å². The Labute approximate surface area is 297 Å². The Kier molecular flexibility index (Phi) is 13.8. The molecule has 0 spiro atoms. The third-order valence-corrected chi connectivity index (χ3v) is 9.38. The summed E-state index contributed by atoms with van der Waals surface area (Å²) in [5.41, 5.74) is 8.58. The molecule has 0 saturated heterocycles. The zero-order chi connectivity index (χ0) is 34.7. The van der Waals surface area contributed by atoms with Crippen molar-refractivity contribution in [2.24, 2.45) is 17.1 Å². The second kappa shape index (κ2) is 17.7. The number of halogens is 2. The normalized spacial score (nSPS) is 17.2. The molecule has 48 heavy (non-hydrogen) atoms. The number of amides is 2. The van der Waals surface area contributed by atoms with Gasteiger partial charge in [-0.3, -0.25) is 9.59 Å². The number of benzene rings is 3. The van der Waals surface area contributed by atoms with E-state index in [1.54, 1.807) is 12.1 Å². The predicted molar refractivity (Wildman–Crippen MR) is 196 cm³/mol. The Morgan fingerprint density at radius 3 is 2.40 bits per heavy atom. The van der Waals surface area contributed by atoms with Crippen molar-refractivity contribution < 1.29 is 23.8 Å². The minimum absolute atomic E-state index is 0.0354. The molecule has 3 atom stereocenters. The molecule has 0 fully saturated rings. The number of primary amides is 1. The van der Waals surface area contributed by atoms with Crippen molar-refractivity contribution in [3.8, 4) is 5.75 Å². The second-order valence-corrected chi connectivity index (χ2v) is 13.9. The number of nitrogens with zero attached hydrogens (tertiary/aromatic N) is 1. The van der Waals surface area contributed by atoms with Gasteiger partial charge < -0.3 is 25.8 Å². The highest BCUT2D eigenvalue weighted by molar-refractivity contribution is 14.1. The molecule has 1 aliphatic rings. The Bertz CT molecular complexity index is 1610. The average Bonchev–Trinajstić information content (AvgIpc) is 3.05. The fourth-order valence-electron chi connectivity index (χ4n) is 6.55. The van der Waals surface area contributed by atoms with Crippen LogP contribution >= 0.6 is 22.6 Å². The molecule has 9 heteroatoms. The van der Waals surface area contributed by atoms with Gasteiger partial charge in [-0.2, -0.15) is 0 Å². The highest BCUT2D eigenvalue weighted by atomic mass is 127. The summed E-state index contributed by atoms with van der Waals surface area (Å²) in [6, 6.07) is 22.1. The largest absolute Gasteiger partial charge is 0.489 e. The maximum atomic E-state index is 15.1. The highest BCUT2D eigenvalue weighted by Gasteiger charge is 2.48. The van der Waals surface area contributed by atoms with E-state index in [1.807, 2.05) is 80.3 Å². The van der Waals surface area contributed by atoms with Gasteiger partial charge in [0.25, 0.3) is 0 Å². The van der Waals surface area contributed by atoms with Crippen LogP contribution in [0.5, 0.6) is 5.75 Å². The van der Waals surface area contributed by atoms with Crippen LogP contribution in [0.3, 0.4) is 0 Å². The second-order valence-electron chi connectivity index (χ2n) is 12.6. The Morgan fingerprint density at radius 2 is 1.73 bits per heavy atom. The fourth-order valence-corrected chi connectivity index (χ4v) is 7.15. The van der Waals surface area contributed by atoms with Gasteiger partial charge in [0, 0.05) is 47.3 Å². The lowest BCUT2D eigenvalue weighted by Crippen LogP contribution is -2.51. The predicted octanol–water partition coefficient (Wildman–Crippen LogP) is 6.72. The lowest BCUT2D eigenvalue weighted by Gasteiger charge is -2.42. The summed E-state index contributed by atoms with van der Waals surface area (Å²) >= 11 is 2.26. The van der Waals surface area contributed by atoms with E-state index in [9.17, 15) is 14.7 Å². The molecule has 2 amide bonds. The summed E-state index contributed by atoms with van der Waals surface area (Å²) in [7, 11) is 0. The summed E-state index contributed by atoms with van der Waals surface area (Å²) < 4.78 is 22.1. The molecule has 0 saturated carbocycles. The van der Waals surface area contributed by atoms with Crippen molar-refractivity contribution in [1.82, 2.24) is 10.2 Å². The minimum Gasteiger partial charge on any atom is -0.489 e. The molecule has 7 nitrogen and oxygen atoms in total. The van der Waals surface area contributed by atoms with E-state index in [0.717, 1.165) is 27.5 Å². The number of carbonyl (C=O) groups excluding carboxylic acids is 2. The van der Waals surface area contributed by atoms with Gasteiger partial charge in [-0.1, -0.05) is 74.0 Å². The number of ether oxygens (including phenoxy) is 1. The van der Waals surface area contributed by atoms with Crippen molar-refractivity contribution in [2.75, 3.05) is 19.6 Å². The van der Waals surface area contributed by atoms with Crippen LogP contribution in [-0.4, -0.2) is 47.6 Å². The summed E-state index contributed by atoms with van der Waals surface area (Å²) in [4.78, 5) is 29.3. The van der Waals surface area contributed by atoms with E-state index in [1.165, 1.54) is 12.1 Å². The van der Waals surface area contributed by atoms with Crippen molar-refractivity contribution in [1.29, 1.82) is 0 Å². The molecule has 1 unspecified atom stereocenters. The lowest BCUT2D eigenvalue weighted by atomic mass is 9.63. The standard InChI is InChI=1S/C39H47FIN3O4/c1-4-14-44(15-5-2)37(46)31-16-27(3)22-39(23-31,38(42)47)35(36(45)25-43-24-29-12-9-13-33(41)18-29)20-30-17-32(40)21-34(19-30)48-26-28-10-7-6-8-11-28/h6-13,16-19,21-22,35-36,43,45H,4-5,14-15,20,23-26H2,1-3H3,(H2,42,47)/t35-,36+,39?/m1/s1. The number of carbonyl (C=O) groups is 2. The molecular formula is C39H47FIN3O4. The van der Waals surface area contributed by atoms with E-state index < -0.39 is 29.2 Å². The SMILES string of the molecule is CCCN(CCC)C(=O)C1=CC(C)=CC(C(N)=O)([C@H](Cc2cc(F)cc(OCc3ccccc3)c2)[C@@H](O)CNCc2cccc(I)c2)C1. The van der Waals surface area contributed by atoms with Gasteiger partial charge in [0.2, 0.25) is 11.8 Å². The van der Waals surface area contributed by atoms with Crippen LogP contribution in [0.4, 0.5) is 4.39 Å². The summed E-state index contributed by atoms with van der Waals surface area (Å²) in [6.45, 7) is 7.99. The number of nitrogens with one attached hydrogen (secondary N) is 1. The zero-order valence-electron chi connectivity index (χ0n) is 28.1. The molecule has 0 heterocycles. The van der Waals surface area contributed by atoms with Crippen LogP contribution in [0.1, 0.15) is 56.7 Å². The molecule has 0 aromatic heterocycles. The van der Waals surface area contributed by atoms with Crippen molar-refractivity contribution in [3.63, 3.8) is 0 Å². The molecule has 256 valence electrons. The molecule has 3 aromatic carbocycles. The van der Waals surface area contributed by atoms with Gasteiger partial charge in [-0.05, 0) is 96.2 Å². The maximum absolute atomic E-state index is 15.1. The Balaban J connectivity index is 1.68. The van der Waals surface area contributed by atoms with Crippen LogP contribution in [-0.2, 0) is 29.2 Å². The number of aliphatic hydroxyl groups is 1. The molecule has 3 aromatic rings. The van der Waals surface area contributed by atoms with Gasteiger partial charge in [0.1, 0.15) is 18.2 Å². The molecule has 4 N–H and O–H groups in total. The van der Waals surface area contributed by atoms with Gasteiger partial charge in [-0.15, -0.1) is 0 Å². The first-order valence-electron chi connectivity index (χ1n) is 16.6. The van der Waals surface area contributed by atoms with Crippen molar-refractivity contribution >= 4 is 34.4 Å². The Morgan fingerprint density at radius 1 is 1.02 bits per heavy atom. The number of allylic oxidation sites excluding steroid dienone is 2. The Hall–Kier alpha value is -3.54. The molecule has 0 bridgehead atoms. The topological polar surface area (TPSA) is 105 Å². The molecule has 4 rings (SSSR count). The third-order valence-electron chi connectivity index (χ3n) is 8.71. The summed E-state index contributed by atoms with van der Waals surface area (Å²) in [6.07, 6.45) is 4.29. The number of rotatable bonds is 17. The average molecular weight is 768 g/mol. The first-order valence-corrected chi connectivity index (χ1v) is 17.7. The van der Waals surface area contributed by atoms with Crippen molar-refractivity contribution in [3.05, 3.63) is 122 Å². The third kappa shape index (κ3) is 9.99. The van der Waals surface area contributed by atoms with Crippen LogP contribution in [0.2, 0.25) is 0 Å². The highest BCUT2D eigenvalue weighted by Crippen LogP contribution is 2.44. The molecule has 1 aliphatic carbocycles. The molecular weight excluding hydrogens is 720 g/mol. The van der Waals surface area contributed by atoms with Crippen molar-refractivity contribution in [2.45, 2.75) is 65.7 Å². The van der Waals surface area contributed by atoms with E-state index in [-0.39, 0.29) is 31.9 Å². The minimum atomic E-state index is -1.41. The number of hydrogen-bond donors (Lipinski definition) is 3. The number of aliphatic hydroxyl groups excluding tert-OH is 1. The number of nitrogens with two attached hydrogens (primary N) is 1. The zero-order valence-corrected chi connectivity index (χ0v) is 30.2. The monoisotopic (exact) mass is 767 g/mol. The van der Waals surface area contributed by atoms with E-state index in [4.69, 9.17) is 10.5 Å². The van der Waals surface area contributed by atoms with Crippen LogP contribution in [0, 0.1) is 20.7 Å². The first-order chi connectivity index (χ1) is 23.0. The van der Waals surface area contributed by atoms with Gasteiger partial charge in [0.05, 0.1) is 11.5 Å². The van der Waals surface area contributed by atoms with Gasteiger partial charge in [-0.25, -0.2) is 4.39 Å².